The van der Waals surface area contributed by atoms with E-state index in [-0.39, 0.29) is 12.5 Å². The second-order valence-corrected chi connectivity index (χ2v) is 7.83. The fraction of sp³-hybridized carbons (Fsp3) is 0.250. The number of nitrogens with one attached hydrogen (secondary N) is 1. The molecule has 0 atom stereocenters. The van der Waals surface area contributed by atoms with Crippen molar-refractivity contribution >= 4 is 27.1 Å². The second-order valence-electron chi connectivity index (χ2n) is 4.87. The van der Waals surface area contributed by atoms with Crippen LogP contribution in [-0.2, 0) is 9.84 Å². The molecule has 0 radical (unpaired) electrons. The number of amides is 1. The highest BCUT2D eigenvalue weighted by Crippen LogP contribution is 2.32. The van der Waals surface area contributed by atoms with E-state index >= 15 is 0 Å². The maximum atomic E-state index is 12.1. The van der Waals surface area contributed by atoms with Gasteiger partial charge in [0.05, 0.1) is 18.4 Å². The molecule has 0 aliphatic carbocycles. The molecule has 0 aliphatic heterocycles. The van der Waals surface area contributed by atoms with Crippen LogP contribution in [-0.4, -0.2) is 38.7 Å². The Morgan fingerprint density at radius 1 is 1.38 bits per heavy atom. The summed E-state index contributed by atoms with van der Waals surface area (Å²) < 4.78 is 27.5. The van der Waals surface area contributed by atoms with Crippen molar-refractivity contribution in [3.63, 3.8) is 0 Å². The molecule has 1 heterocycles. The number of thiazole rings is 1. The summed E-state index contributed by atoms with van der Waals surface area (Å²) >= 11 is 1.25. The van der Waals surface area contributed by atoms with Crippen LogP contribution in [0.1, 0.15) is 16.6 Å². The van der Waals surface area contributed by atoms with Crippen LogP contribution >= 0.6 is 11.3 Å². The number of hydrogen-bond donors (Lipinski definition) is 1. The molecule has 0 unspecified atom stereocenters. The zero-order valence-corrected chi connectivity index (χ0v) is 15.0. The molecule has 0 saturated carbocycles. The third kappa shape index (κ3) is 5.17. The van der Waals surface area contributed by atoms with Crippen molar-refractivity contribution in [1.29, 1.82) is 0 Å². The molecule has 8 heteroatoms. The van der Waals surface area contributed by atoms with Crippen LogP contribution < -0.4 is 10.1 Å². The minimum Gasteiger partial charge on any atom is -0.493 e. The highest BCUT2D eigenvalue weighted by atomic mass is 32.2. The van der Waals surface area contributed by atoms with Gasteiger partial charge in [0.25, 0.3) is 5.91 Å². The standard InChI is InChI=1S/C16H18N2O4S2/c1-3-22-13-8-5-4-7-12(13)16-18-11-14(23-16)15(19)17-9-6-10-24(2,20)21/h4-8,10-11H,3,9H2,1-2H3,(H,17,19)/b10-6+. The summed E-state index contributed by atoms with van der Waals surface area (Å²) in [6.45, 7) is 2.58. The Morgan fingerprint density at radius 3 is 2.83 bits per heavy atom. The zero-order chi connectivity index (χ0) is 17.6. The topological polar surface area (TPSA) is 85.4 Å². The molecule has 0 bridgehead atoms. The van der Waals surface area contributed by atoms with Gasteiger partial charge in [-0.05, 0) is 19.1 Å². The van der Waals surface area contributed by atoms with E-state index < -0.39 is 9.84 Å². The highest BCUT2D eigenvalue weighted by molar-refractivity contribution is 7.93. The molecule has 0 saturated heterocycles. The summed E-state index contributed by atoms with van der Waals surface area (Å²) in [7, 11) is -3.18. The first kappa shape index (κ1) is 18.2. The summed E-state index contributed by atoms with van der Waals surface area (Å²) in [5, 5.41) is 4.37. The molecule has 1 aromatic carbocycles. The van der Waals surface area contributed by atoms with Gasteiger partial charge in [-0.2, -0.15) is 0 Å². The number of sulfone groups is 1. The van der Waals surface area contributed by atoms with Crippen LogP contribution in [0.4, 0.5) is 0 Å². The Hall–Kier alpha value is -2.19. The van der Waals surface area contributed by atoms with Crippen LogP contribution in [0, 0.1) is 0 Å². The van der Waals surface area contributed by atoms with Gasteiger partial charge in [-0.15, -0.1) is 11.3 Å². The number of carbonyl (C=O) groups excluding carboxylic acids is 1. The molecule has 0 spiro atoms. The summed E-state index contributed by atoms with van der Waals surface area (Å²) in [5.41, 5.74) is 0.834. The number of benzene rings is 1. The Morgan fingerprint density at radius 2 is 2.12 bits per heavy atom. The van der Waals surface area contributed by atoms with Crippen molar-refractivity contribution in [2.45, 2.75) is 6.92 Å². The third-order valence-corrected chi connectivity index (χ3v) is 4.59. The van der Waals surface area contributed by atoms with Gasteiger partial charge in [-0.3, -0.25) is 4.79 Å². The van der Waals surface area contributed by atoms with Crippen LogP contribution in [0.3, 0.4) is 0 Å². The van der Waals surface area contributed by atoms with E-state index in [1.807, 2.05) is 31.2 Å². The molecule has 1 aromatic heterocycles. The largest absolute Gasteiger partial charge is 0.493 e. The summed E-state index contributed by atoms with van der Waals surface area (Å²) in [4.78, 5) is 16.8. The van der Waals surface area contributed by atoms with E-state index in [4.69, 9.17) is 4.74 Å². The second kappa shape index (κ2) is 8.07. The number of nitrogens with zero attached hydrogens (tertiary/aromatic N) is 1. The van der Waals surface area contributed by atoms with Crippen molar-refractivity contribution in [2.24, 2.45) is 0 Å². The molecule has 2 rings (SSSR count). The number of hydrogen-bond acceptors (Lipinski definition) is 6. The average molecular weight is 366 g/mol. The Kier molecular flexibility index (Phi) is 6.10. The molecular formula is C16H18N2O4S2. The number of rotatable bonds is 7. The van der Waals surface area contributed by atoms with E-state index in [2.05, 4.69) is 10.3 Å². The minimum atomic E-state index is -3.18. The van der Waals surface area contributed by atoms with Crippen LogP contribution in [0.15, 0.2) is 41.9 Å². The molecule has 1 amide bonds. The van der Waals surface area contributed by atoms with E-state index in [0.29, 0.717) is 16.5 Å². The summed E-state index contributed by atoms with van der Waals surface area (Å²) in [5.74, 6) is 0.420. The van der Waals surface area contributed by atoms with Gasteiger partial charge in [-0.25, -0.2) is 13.4 Å². The predicted molar refractivity (Wildman–Crippen MR) is 95.0 cm³/mol. The molecule has 0 aliphatic rings. The first-order valence-corrected chi connectivity index (χ1v) is 10.0. The minimum absolute atomic E-state index is 0.134. The summed E-state index contributed by atoms with van der Waals surface area (Å²) in [6.07, 6.45) is 3.98. The number of ether oxygens (including phenoxy) is 1. The molecule has 0 fully saturated rings. The number of carbonyl (C=O) groups is 1. The zero-order valence-electron chi connectivity index (χ0n) is 13.4. The predicted octanol–water partition coefficient (Wildman–Crippen LogP) is 2.50. The van der Waals surface area contributed by atoms with Gasteiger partial charge in [-0.1, -0.05) is 18.2 Å². The Balaban J connectivity index is 2.08. The molecule has 128 valence electrons. The quantitative estimate of drug-likeness (QED) is 0.814. The lowest BCUT2D eigenvalue weighted by atomic mass is 10.2. The van der Waals surface area contributed by atoms with E-state index in [1.165, 1.54) is 23.6 Å². The van der Waals surface area contributed by atoms with Crippen LogP contribution in [0.5, 0.6) is 5.75 Å². The normalized spacial score (nSPS) is 11.6. The first-order valence-electron chi connectivity index (χ1n) is 7.23. The molecule has 2 aromatic rings. The van der Waals surface area contributed by atoms with Crippen molar-refractivity contribution in [1.82, 2.24) is 10.3 Å². The number of para-hydroxylation sites is 1. The maximum absolute atomic E-state index is 12.1. The Labute approximate surface area is 145 Å². The number of aromatic nitrogens is 1. The molecule has 6 nitrogen and oxygen atoms in total. The van der Waals surface area contributed by atoms with Crippen LogP contribution in [0.2, 0.25) is 0 Å². The van der Waals surface area contributed by atoms with Crippen LogP contribution in [0.25, 0.3) is 10.6 Å². The fourth-order valence-corrected chi connectivity index (χ4v) is 3.20. The molecule has 24 heavy (non-hydrogen) atoms. The smallest absolute Gasteiger partial charge is 0.263 e. The average Bonchev–Trinajstić information content (AvgIpc) is 3.01. The van der Waals surface area contributed by atoms with E-state index in [1.54, 1.807) is 0 Å². The van der Waals surface area contributed by atoms with Gasteiger partial charge in [0, 0.05) is 18.2 Å². The SMILES string of the molecule is CCOc1ccccc1-c1ncc(C(=O)NC/C=C/S(C)(=O)=O)s1. The van der Waals surface area contributed by atoms with Gasteiger partial charge >= 0.3 is 0 Å². The lowest BCUT2D eigenvalue weighted by Gasteiger charge is -2.07. The van der Waals surface area contributed by atoms with Gasteiger partial charge < -0.3 is 10.1 Å². The monoisotopic (exact) mass is 366 g/mol. The first-order chi connectivity index (χ1) is 11.4. The fourth-order valence-electron chi connectivity index (χ4n) is 1.89. The van der Waals surface area contributed by atoms with Crippen molar-refractivity contribution in [2.75, 3.05) is 19.4 Å². The van der Waals surface area contributed by atoms with Gasteiger partial charge in [0.15, 0.2) is 9.84 Å². The molecular weight excluding hydrogens is 348 g/mol. The van der Waals surface area contributed by atoms with E-state index in [9.17, 15) is 13.2 Å². The Bertz CT molecular complexity index is 841. The summed E-state index contributed by atoms with van der Waals surface area (Å²) in [6, 6.07) is 7.51. The van der Waals surface area contributed by atoms with Gasteiger partial charge in [0.1, 0.15) is 15.6 Å². The van der Waals surface area contributed by atoms with Crippen molar-refractivity contribution < 1.29 is 17.9 Å². The van der Waals surface area contributed by atoms with Crippen molar-refractivity contribution in [3.8, 4) is 16.3 Å². The maximum Gasteiger partial charge on any atom is 0.263 e. The lowest BCUT2D eigenvalue weighted by molar-refractivity contribution is 0.0962. The highest BCUT2D eigenvalue weighted by Gasteiger charge is 2.13. The molecule has 1 N–H and O–H groups in total. The lowest BCUT2D eigenvalue weighted by Crippen LogP contribution is -2.22. The van der Waals surface area contributed by atoms with E-state index in [0.717, 1.165) is 23.0 Å². The third-order valence-electron chi connectivity index (χ3n) is 2.87. The van der Waals surface area contributed by atoms with Crippen molar-refractivity contribution in [3.05, 3.63) is 46.8 Å². The van der Waals surface area contributed by atoms with Gasteiger partial charge in [0.2, 0.25) is 0 Å².